The summed E-state index contributed by atoms with van der Waals surface area (Å²) in [7, 11) is 2.03. The summed E-state index contributed by atoms with van der Waals surface area (Å²) in [4.78, 5) is 18.4. The Hall–Kier alpha value is -2.41. The van der Waals surface area contributed by atoms with Crippen molar-refractivity contribution >= 4 is 11.0 Å². The number of nitrogens with one attached hydrogen (secondary N) is 1. The third-order valence-electron chi connectivity index (χ3n) is 7.41. The van der Waals surface area contributed by atoms with E-state index in [0.717, 1.165) is 29.1 Å². The molecule has 4 aliphatic carbocycles. The van der Waals surface area contributed by atoms with Gasteiger partial charge in [0.1, 0.15) is 5.82 Å². The molecule has 2 aromatic heterocycles. The third kappa shape index (κ3) is 2.86. The molecule has 0 spiro atoms. The van der Waals surface area contributed by atoms with Gasteiger partial charge in [0.05, 0.1) is 24.1 Å². The summed E-state index contributed by atoms with van der Waals surface area (Å²) in [6, 6.07) is 8.57. The molecule has 0 amide bonds. The minimum atomic E-state index is -0.505. The molecule has 1 N–H and O–H groups in total. The van der Waals surface area contributed by atoms with Crippen LogP contribution in [0.15, 0.2) is 33.5 Å². The number of H-pyrrole nitrogens is 1. The number of aromatic amines is 1. The van der Waals surface area contributed by atoms with Crippen LogP contribution in [0.4, 0.5) is 0 Å². The highest BCUT2D eigenvalue weighted by molar-refractivity contribution is 5.76. The van der Waals surface area contributed by atoms with Crippen molar-refractivity contribution in [3.63, 3.8) is 0 Å². The standard InChI is InChI=1S/C22H27N5O2/c1-26(13-20-24-25-21(28)29-20)12-19-23-17-4-2-3-5-18(17)27(19)22-9-14-6-15(10-22)8-16(7-14)11-22/h2-5,14-16H,6-13H2,1H3,(H,25,28). The number of rotatable bonds is 5. The number of para-hydroxylation sites is 2. The molecule has 7 nitrogen and oxygen atoms in total. The summed E-state index contributed by atoms with van der Waals surface area (Å²) in [6.07, 6.45) is 8.18. The van der Waals surface area contributed by atoms with Crippen LogP contribution in [0.1, 0.15) is 50.2 Å². The van der Waals surface area contributed by atoms with Gasteiger partial charge in [0.2, 0.25) is 5.89 Å². The Morgan fingerprint density at radius 3 is 2.48 bits per heavy atom. The minimum Gasteiger partial charge on any atom is -0.391 e. The van der Waals surface area contributed by atoms with Crippen LogP contribution in [-0.2, 0) is 18.6 Å². The van der Waals surface area contributed by atoms with E-state index in [0.29, 0.717) is 19.0 Å². The maximum atomic E-state index is 11.2. The molecule has 4 fully saturated rings. The van der Waals surface area contributed by atoms with E-state index in [4.69, 9.17) is 9.40 Å². The Labute approximate surface area is 169 Å². The van der Waals surface area contributed by atoms with Gasteiger partial charge in [0, 0.05) is 5.54 Å². The van der Waals surface area contributed by atoms with Gasteiger partial charge in [-0.3, -0.25) is 4.90 Å². The van der Waals surface area contributed by atoms with Gasteiger partial charge >= 0.3 is 5.76 Å². The molecule has 4 saturated carbocycles. The molecule has 4 aliphatic rings. The third-order valence-corrected chi connectivity index (χ3v) is 7.41. The molecule has 0 unspecified atom stereocenters. The molecular formula is C22H27N5O2. The van der Waals surface area contributed by atoms with Crippen LogP contribution in [-0.4, -0.2) is 31.7 Å². The SMILES string of the molecule is CN(Cc1n[nH]c(=O)o1)Cc1nc2ccccc2n1C12CC3CC(CC(C3)C1)C2. The Kier molecular flexibility index (Phi) is 3.79. The van der Waals surface area contributed by atoms with Crippen molar-refractivity contribution in [2.24, 2.45) is 17.8 Å². The lowest BCUT2D eigenvalue weighted by molar-refractivity contribution is -0.0429. The summed E-state index contributed by atoms with van der Waals surface area (Å²) in [5, 5.41) is 6.28. The number of aromatic nitrogens is 4. The van der Waals surface area contributed by atoms with Gasteiger partial charge in [-0.05, 0) is 75.5 Å². The Bertz CT molecular complexity index is 1070. The average Bonchev–Trinajstić information content (AvgIpc) is 3.23. The van der Waals surface area contributed by atoms with Crippen molar-refractivity contribution < 1.29 is 4.42 Å². The first-order valence-corrected chi connectivity index (χ1v) is 10.8. The van der Waals surface area contributed by atoms with E-state index in [2.05, 4.69) is 43.9 Å². The van der Waals surface area contributed by atoms with E-state index in [1.165, 1.54) is 44.0 Å². The van der Waals surface area contributed by atoms with E-state index in [1.54, 1.807) is 0 Å². The highest BCUT2D eigenvalue weighted by atomic mass is 16.4. The zero-order valence-electron chi connectivity index (χ0n) is 16.8. The second-order valence-electron chi connectivity index (χ2n) is 9.67. The smallest absolute Gasteiger partial charge is 0.391 e. The number of imidazole rings is 1. The molecule has 0 saturated heterocycles. The van der Waals surface area contributed by atoms with Crippen LogP contribution in [0.5, 0.6) is 0 Å². The molecule has 1 aromatic carbocycles. The lowest BCUT2D eigenvalue weighted by Gasteiger charge is -2.57. The first-order chi connectivity index (χ1) is 14.1. The Morgan fingerprint density at radius 2 is 1.83 bits per heavy atom. The van der Waals surface area contributed by atoms with Crippen LogP contribution in [0.2, 0.25) is 0 Å². The highest BCUT2D eigenvalue weighted by Gasteiger charge is 2.52. The van der Waals surface area contributed by atoms with Gasteiger partial charge in [-0.25, -0.2) is 14.9 Å². The number of hydrogen-bond donors (Lipinski definition) is 1. The molecular weight excluding hydrogens is 366 g/mol. The van der Waals surface area contributed by atoms with Crippen molar-refractivity contribution in [3.05, 3.63) is 46.5 Å². The van der Waals surface area contributed by atoms with Gasteiger partial charge in [-0.15, -0.1) is 5.10 Å². The fraction of sp³-hybridized carbons (Fsp3) is 0.591. The summed E-state index contributed by atoms with van der Waals surface area (Å²) in [5.41, 5.74) is 2.57. The van der Waals surface area contributed by atoms with Crippen LogP contribution < -0.4 is 5.76 Å². The van der Waals surface area contributed by atoms with Gasteiger partial charge in [-0.2, -0.15) is 0 Å². The zero-order chi connectivity index (χ0) is 19.6. The summed E-state index contributed by atoms with van der Waals surface area (Å²) in [5.74, 6) is 3.67. The van der Waals surface area contributed by atoms with Crippen molar-refractivity contribution in [3.8, 4) is 0 Å². The number of nitrogens with zero attached hydrogens (tertiary/aromatic N) is 4. The van der Waals surface area contributed by atoms with E-state index in [-0.39, 0.29) is 5.54 Å². The van der Waals surface area contributed by atoms with Crippen molar-refractivity contribution in [2.75, 3.05) is 7.05 Å². The zero-order valence-corrected chi connectivity index (χ0v) is 16.8. The molecule has 152 valence electrons. The second-order valence-corrected chi connectivity index (χ2v) is 9.67. The first-order valence-electron chi connectivity index (χ1n) is 10.8. The van der Waals surface area contributed by atoms with Gasteiger partial charge in [0.25, 0.3) is 0 Å². The van der Waals surface area contributed by atoms with Crippen molar-refractivity contribution in [1.29, 1.82) is 0 Å². The summed E-state index contributed by atoms with van der Waals surface area (Å²) in [6.45, 7) is 1.18. The van der Waals surface area contributed by atoms with Crippen molar-refractivity contribution in [2.45, 2.75) is 57.2 Å². The van der Waals surface area contributed by atoms with Gasteiger partial charge < -0.3 is 8.98 Å². The lowest BCUT2D eigenvalue weighted by Crippen LogP contribution is -2.52. The topological polar surface area (TPSA) is 80.0 Å². The highest BCUT2D eigenvalue weighted by Crippen LogP contribution is 2.59. The second kappa shape index (κ2) is 6.29. The van der Waals surface area contributed by atoms with Crippen LogP contribution in [0.25, 0.3) is 11.0 Å². The van der Waals surface area contributed by atoms with E-state index >= 15 is 0 Å². The summed E-state index contributed by atoms with van der Waals surface area (Å²) >= 11 is 0. The first kappa shape index (κ1) is 17.4. The molecule has 4 bridgehead atoms. The van der Waals surface area contributed by atoms with Crippen LogP contribution in [0.3, 0.4) is 0 Å². The molecule has 0 radical (unpaired) electrons. The minimum absolute atomic E-state index is 0.222. The fourth-order valence-corrected chi connectivity index (χ4v) is 6.91. The largest absolute Gasteiger partial charge is 0.434 e. The maximum absolute atomic E-state index is 11.2. The average molecular weight is 393 g/mol. The van der Waals surface area contributed by atoms with E-state index in [1.807, 2.05) is 7.05 Å². The molecule has 7 rings (SSSR count). The quantitative estimate of drug-likeness (QED) is 0.720. The number of benzene rings is 1. The molecule has 2 heterocycles. The number of hydrogen-bond acceptors (Lipinski definition) is 5. The van der Waals surface area contributed by atoms with Crippen LogP contribution in [0, 0.1) is 17.8 Å². The molecule has 7 heteroatoms. The van der Waals surface area contributed by atoms with Crippen molar-refractivity contribution in [1.82, 2.24) is 24.6 Å². The van der Waals surface area contributed by atoms with Crippen LogP contribution >= 0.6 is 0 Å². The van der Waals surface area contributed by atoms with Gasteiger partial charge in [0.15, 0.2) is 0 Å². The maximum Gasteiger partial charge on any atom is 0.434 e. The summed E-state index contributed by atoms with van der Waals surface area (Å²) < 4.78 is 7.69. The normalized spacial score (nSPS) is 30.6. The fourth-order valence-electron chi connectivity index (χ4n) is 6.91. The van der Waals surface area contributed by atoms with E-state index < -0.39 is 5.76 Å². The monoisotopic (exact) mass is 393 g/mol. The Morgan fingerprint density at radius 1 is 1.14 bits per heavy atom. The van der Waals surface area contributed by atoms with E-state index in [9.17, 15) is 4.79 Å². The molecule has 0 atom stereocenters. The lowest BCUT2D eigenvalue weighted by atomic mass is 9.53. The predicted molar refractivity (Wildman–Crippen MR) is 108 cm³/mol. The molecule has 3 aromatic rings. The molecule has 29 heavy (non-hydrogen) atoms. The molecule has 0 aliphatic heterocycles. The van der Waals surface area contributed by atoms with Gasteiger partial charge in [-0.1, -0.05) is 12.1 Å². The number of fused-ring (bicyclic) bond motifs is 1. The Balaban J connectivity index is 1.39. The predicted octanol–water partition coefficient (Wildman–Crippen LogP) is 3.27.